The Morgan fingerprint density at radius 1 is 1.00 bits per heavy atom. The summed E-state index contributed by atoms with van der Waals surface area (Å²) in [6.07, 6.45) is 1.41. The molecule has 1 aromatic rings. The van der Waals surface area contributed by atoms with Gasteiger partial charge >= 0.3 is 0 Å². The average Bonchev–Trinajstić information content (AvgIpc) is 2.37. The van der Waals surface area contributed by atoms with Crippen molar-refractivity contribution < 1.29 is 9.59 Å². The number of carbonyl (C=O) groups is 2. The van der Waals surface area contributed by atoms with Gasteiger partial charge in [-0.05, 0) is 50.7 Å². The van der Waals surface area contributed by atoms with Gasteiger partial charge < -0.3 is 15.5 Å². The van der Waals surface area contributed by atoms with Crippen LogP contribution in [0.3, 0.4) is 0 Å². The Bertz CT molecular complexity index is 467. The first-order chi connectivity index (χ1) is 9.86. The lowest BCUT2D eigenvalue weighted by molar-refractivity contribution is -0.117. The van der Waals surface area contributed by atoms with E-state index < -0.39 is 0 Å². The van der Waals surface area contributed by atoms with Gasteiger partial charge in [-0.1, -0.05) is 13.8 Å². The Labute approximate surface area is 126 Å². The van der Waals surface area contributed by atoms with Crippen LogP contribution in [-0.4, -0.2) is 37.4 Å². The topological polar surface area (TPSA) is 61.4 Å². The molecule has 0 spiro atoms. The van der Waals surface area contributed by atoms with Crippen LogP contribution in [0.5, 0.6) is 0 Å². The number of hydrogen-bond acceptors (Lipinski definition) is 3. The Morgan fingerprint density at radius 3 is 1.90 bits per heavy atom. The standard InChI is InChI=1S/C16H25N3O2/c1-12(2)5-10-15(20)17-13-6-8-14(9-7-13)18-16(21)11-19(3)4/h6-9,12H,5,10-11H2,1-4H3,(H,17,20)(H,18,21). The fraction of sp³-hybridized carbons (Fsp3) is 0.500. The van der Waals surface area contributed by atoms with E-state index in [0.29, 0.717) is 18.9 Å². The number of benzene rings is 1. The van der Waals surface area contributed by atoms with Crippen LogP contribution in [0.25, 0.3) is 0 Å². The van der Waals surface area contributed by atoms with Crippen LogP contribution in [0.4, 0.5) is 11.4 Å². The smallest absolute Gasteiger partial charge is 0.238 e. The number of carbonyl (C=O) groups excluding carboxylic acids is 2. The minimum Gasteiger partial charge on any atom is -0.326 e. The summed E-state index contributed by atoms with van der Waals surface area (Å²) < 4.78 is 0. The molecule has 116 valence electrons. The Morgan fingerprint density at radius 2 is 1.48 bits per heavy atom. The molecular formula is C16H25N3O2. The quantitative estimate of drug-likeness (QED) is 0.811. The summed E-state index contributed by atoms with van der Waals surface area (Å²) in [5, 5.41) is 5.65. The fourth-order valence-corrected chi connectivity index (χ4v) is 1.77. The first kappa shape index (κ1) is 17.2. The van der Waals surface area contributed by atoms with Gasteiger partial charge in [-0.25, -0.2) is 0 Å². The molecule has 0 bridgehead atoms. The predicted octanol–water partition coefficient (Wildman–Crippen LogP) is 2.56. The zero-order chi connectivity index (χ0) is 15.8. The second-order valence-electron chi connectivity index (χ2n) is 5.84. The number of rotatable bonds is 7. The Kier molecular flexibility index (Phi) is 6.88. The van der Waals surface area contributed by atoms with Crippen molar-refractivity contribution in [2.24, 2.45) is 5.92 Å². The van der Waals surface area contributed by atoms with Gasteiger partial charge in [0, 0.05) is 17.8 Å². The van der Waals surface area contributed by atoms with Crippen molar-refractivity contribution in [1.29, 1.82) is 0 Å². The first-order valence-electron chi connectivity index (χ1n) is 7.21. The van der Waals surface area contributed by atoms with Gasteiger partial charge in [0.25, 0.3) is 0 Å². The van der Waals surface area contributed by atoms with Gasteiger partial charge in [0.2, 0.25) is 11.8 Å². The van der Waals surface area contributed by atoms with E-state index in [1.807, 2.05) is 14.1 Å². The third-order valence-corrected chi connectivity index (χ3v) is 2.86. The van der Waals surface area contributed by atoms with Gasteiger partial charge in [0.15, 0.2) is 0 Å². The molecule has 5 heteroatoms. The van der Waals surface area contributed by atoms with Gasteiger partial charge in [-0.2, -0.15) is 0 Å². The van der Waals surface area contributed by atoms with Crippen molar-refractivity contribution in [2.45, 2.75) is 26.7 Å². The molecule has 0 radical (unpaired) electrons. The highest BCUT2D eigenvalue weighted by Crippen LogP contribution is 2.14. The van der Waals surface area contributed by atoms with Crippen LogP contribution in [0.1, 0.15) is 26.7 Å². The van der Waals surface area contributed by atoms with Gasteiger partial charge in [0.1, 0.15) is 0 Å². The van der Waals surface area contributed by atoms with E-state index in [9.17, 15) is 9.59 Å². The maximum Gasteiger partial charge on any atom is 0.238 e. The van der Waals surface area contributed by atoms with Gasteiger partial charge in [0.05, 0.1) is 6.54 Å². The van der Waals surface area contributed by atoms with Crippen molar-refractivity contribution in [3.05, 3.63) is 24.3 Å². The molecule has 2 amide bonds. The largest absolute Gasteiger partial charge is 0.326 e. The van der Waals surface area contributed by atoms with E-state index in [0.717, 1.165) is 17.8 Å². The third-order valence-electron chi connectivity index (χ3n) is 2.86. The van der Waals surface area contributed by atoms with E-state index in [4.69, 9.17) is 0 Å². The monoisotopic (exact) mass is 291 g/mol. The van der Waals surface area contributed by atoms with E-state index in [2.05, 4.69) is 24.5 Å². The minimum atomic E-state index is -0.0614. The molecule has 0 atom stereocenters. The highest BCUT2D eigenvalue weighted by atomic mass is 16.2. The Balaban J connectivity index is 2.46. The lowest BCUT2D eigenvalue weighted by Crippen LogP contribution is -2.27. The van der Waals surface area contributed by atoms with E-state index >= 15 is 0 Å². The normalized spacial score (nSPS) is 10.8. The summed E-state index contributed by atoms with van der Waals surface area (Å²) in [7, 11) is 3.69. The Hall–Kier alpha value is -1.88. The molecule has 0 fully saturated rings. The molecule has 0 saturated carbocycles. The second kappa shape index (κ2) is 8.42. The highest BCUT2D eigenvalue weighted by molar-refractivity contribution is 5.93. The summed E-state index contributed by atoms with van der Waals surface area (Å²) >= 11 is 0. The number of likely N-dealkylation sites (N-methyl/N-ethyl adjacent to an activating group) is 1. The van der Waals surface area contributed by atoms with Crippen molar-refractivity contribution in [2.75, 3.05) is 31.3 Å². The van der Waals surface area contributed by atoms with Gasteiger partial charge in [-0.3, -0.25) is 9.59 Å². The molecular weight excluding hydrogens is 266 g/mol. The van der Waals surface area contributed by atoms with Crippen LogP contribution < -0.4 is 10.6 Å². The molecule has 21 heavy (non-hydrogen) atoms. The molecule has 2 N–H and O–H groups in total. The van der Waals surface area contributed by atoms with Crippen molar-refractivity contribution in [1.82, 2.24) is 4.90 Å². The van der Waals surface area contributed by atoms with E-state index in [1.165, 1.54) is 0 Å². The minimum absolute atomic E-state index is 0.0214. The molecule has 0 unspecified atom stereocenters. The third kappa shape index (κ3) is 7.46. The molecule has 0 aliphatic heterocycles. The van der Waals surface area contributed by atoms with Crippen LogP contribution in [0.15, 0.2) is 24.3 Å². The average molecular weight is 291 g/mol. The molecule has 5 nitrogen and oxygen atoms in total. The molecule has 0 aliphatic carbocycles. The lowest BCUT2D eigenvalue weighted by Gasteiger charge is -2.11. The number of amides is 2. The van der Waals surface area contributed by atoms with E-state index in [-0.39, 0.29) is 11.8 Å². The number of anilines is 2. The molecule has 0 saturated heterocycles. The van der Waals surface area contributed by atoms with Crippen LogP contribution in [-0.2, 0) is 9.59 Å². The maximum atomic E-state index is 11.7. The first-order valence-corrected chi connectivity index (χ1v) is 7.21. The summed E-state index contributed by atoms with van der Waals surface area (Å²) in [5.41, 5.74) is 1.47. The molecule has 0 aliphatic rings. The molecule has 0 heterocycles. The van der Waals surface area contributed by atoms with Crippen LogP contribution >= 0.6 is 0 Å². The molecule has 0 aromatic heterocycles. The van der Waals surface area contributed by atoms with Crippen LogP contribution in [0, 0.1) is 5.92 Å². The van der Waals surface area contributed by atoms with Crippen LogP contribution in [0.2, 0.25) is 0 Å². The number of hydrogen-bond donors (Lipinski definition) is 2. The highest BCUT2D eigenvalue weighted by Gasteiger charge is 2.06. The van der Waals surface area contributed by atoms with E-state index in [1.54, 1.807) is 29.2 Å². The lowest BCUT2D eigenvalue weighted by atomic mass is 10.1. The number of nitrogens with one attached hydrogen (secondary N) is 2. The molecule has 1 aromatic carbocycles. The van der Waals surface area contributed by atoms with Crippen molar-refractivity contribution in [3.8, 4) is 0 Å². The predicted molar refractivity (Wildman–Crippen MR) is 86.3 cm³/mol. The molecule has 1 rings (SSSR count). The zero-order valence-corrected chi connectivity index (χ0v) is 13.3. The van der Waals surface area contributed by atoms with Gasteiger partial charge in [-0.15, -0.1) is 0 Å². The van der Waals surface area contributed by atoms with Crippen molar-refractivity contribution >= 4 is 23.2 Å². The van der Waals surface area contributed by atoms with Crippen molar-refractivity contribution in [3.63, 3.8) is 0 Å². The SMILES string of the molecule is CC(C)CCC(=O)Nc1ccc(NC(=O)CN(C)C)cc1. The maximum absolute atomic E-state index is 11.7. The number of nitrogens with zero attached hydrogens (tertiary/aromatic N) is 1. The fourth-order valence-electron chi connectivity index (χ4n) is 1.77. The zero-order valence-electron chi connectivity index (χ0n) is 13.3. The summed E-state index contributed by atoms with van der Waals surface area (Å²) in [5.74, 6) is 0.479. The summed E-state index contributed by atoms with van der Waals surface area (Å²) in [4.78, 5) is 25.1. The second-order valence-corrected chi connectivity index (χ2v) is 5.84. The summed E-state index contributed by atoms with van der Waals surface area (Å²) in [6, 6.07) is 7.15. The summed E-state index contributed by atoms with van der Waals surface area (Å²) in [6.45, 7) is 4.53.